The molecular formula is C19H19N5O3S. The van der Waals surface area contributed by atoms with Crippen LogP contribution < -0.4 is 5.32 Å². The molecular weight excluding hydrogens is 378 g/mol. The van der Waals surface area contributed by atoms with Gasteiger partial charge in [-0.3, -0.25) is 14.9 Å². The van der Waals surface area contributed by atoms with Crippen LogP contribution in [0.1, 0.15) is 13.8 Å². The van der Waals surface area contributed by atoms with Gasteiger partial charge in [-0.25, -0.2) is 9.97 Å². The van der Waals surface area contributed by atoms with Gasteiger partial charge in [-0.15, -0.1) is 0 Å². The minimum Gasteiger partial charge on any atom is -0.319 e. The molecule has 0 radical (unpaired) electrons. The number of pyridine rings is 1. The number of nitrogens with zero attached hydrogens (tertiary/aromatic N) is 4. The molecule has 2 heterocycles. The highest BCUT2D eigenvalue weighted by atomic mass is 32.2. The molecule has 0 aliphatic carbocycles. The maximum Gasteiger partial charge on any atom is 0.270 e. The molecule has 0 aliphatic rings. The van der Waals surface area contributed by atoms with E-state index in [2.05, 4.69) is 10.3 Å². The Morgan fingerprint density at radius 1 is 1.29 bits per heavy atom. The van der Waals surface area contributed by atoms with Gasteiger partial charge in [-0.2, -0.15) is 0 Å². The maximum atomic E-state index is 11.4. The lowest BCUT2D eigenvalue weighted by atomic mass is 10.0. The Hall–Kier alpha value is -3.20. The third kappa shape index (κ3) is 3.89. The fraction of sp³-hybridized carbons (Fsp3) is 0.211. The Balaban J connectivity index is 2.23. The van der Waals surface area contributed by atoms with Crippen LogP contribution in [0.5, 0.6) is 0 Å². The largest absolute Gasteiger partial charge is 0.319 e. The molecule has 0 spiro atoms. The molecule has 0 bridgehead atoms. The van der Waals surface area contributed by atoms with Gasteiger partial charge in [-0.05, 0) is 25.3 Å². The number of rotatable bonds is 6. The molecule has 28 heavy (non-hydrogen) atoms. The van der Waals surface area contributed by atoms with Crippen LogP contribution >= 0.6 is 11.8 Å². The van der Waals surface area contributed by atoms with E-state index in [0.717, 1.165) is 16.4 Å². The summed E-state index contributed by atoms with van der Waals surface area (Å²) in [7, 11) is 0. The highest BCUT2D eigenvalue weighted by Crippen LogP contribution is 2.37. The van der Waals surface area contributed by atoms with E-state index in [1.807, 2.05) is 23.8 Å². The monoisotopic (exact) mass is 397 g/mol. The quantitative estimate of drug-likeness (QED) is 0.379. The maximum absolute atomic E-state index is 11.4. The number of carbonyl (C=O) groups excluding carboxylic acids is 1. The van der Waals surface area contributed by atoms with Crippen molar-refractivity contribution in [2.45, 2.75) is 25.5 Å². The number of amides is 1. The van der Waals surface area contributed by atoms with Crippen LogP contribution in [-0.4, -0.2) is 31.6 Å². The minimum atomic E-state index is -0.410. The first-order valence-corrected chi connectivity index (χ1v) is 9.80. The van der Waals surface area contributed by atoms with Crippen LogP contribution in [0.3, 0.4) is 0 Å². The average Bonchev–Trinajstić information content (AvgIpc) is 3.06. The van der Waals surface area contributed by atoms with Crippen molar-refractivity contribution < 1.29 is 9.72 Å². The molecule has 2 aromatic heterocycles. The first kappa shape index (κ1) is 19.6. The van der Waals surface area contributed by atoms with Crippen molar-refractivity contribution in [1.82, 2.24) is 14.5 Å². The van der Waals surface area contributed by atoms with Crippen LogP contribution in [0.4, 0.5) is 11.5 Å². The lowest BCUT2D eigenvalue weighted by Crippen LogP contribution is -2.07. The number of hydrogen-bond donors (Lipinski definition) is 1. The summed E-state index contributed by atoms with van der Waals surface area (Å²) >= 11 is 1.50. The summed E-state index contributed by atoms with van der Waals surface area (Å²) in [6, 6.07) is 10.1. The number of nitrogens with one attached hydrogen (secondary N) is 1. The van der Waals surface area contributed by atoms with Crippen molar-refractivity contribution in [3.8, 4) is 22.5 Å². The molecule has 144 valence electrons. The van der Waals surface area contributed by atoms with Gasteiger partial charge in [-0.1, -0.05) is 23.9 Å². The summed E-state index contributed by atoms with van der Waals surface area (Å²) in [5.41, 5.74) is 2.96. The van der Waals surface area contributed by atoms with Crippen molar-refractivity contribution in [3.05, 3.63) is 52.7 Å². The zero-order chi connectivity index (χ0) is 20.3. The van der Waals surface area contributed by atoms with Gasteiger partial charge < -0.3 is 9.88 Å². The number of non-ortho nitro benzene ring substituents is 1. The highest BCUT2D eigenvalue weighted by Gasteiger charge is 2.21. The summed E-state index contributed by atoms with van der Waals surface area (Å²) in [4.78, 5) is 31.1. The topological polar surface area (TPSA) is 103 Å². The number of thioether (sulfide) groups is 1. The van der Waals surface area contributed by atoms with Crippen LogP contribution in [0, 0.1) is 10.1 Å². The summed E-state index contributed by atoms with van der Waals surface area (Å²) in [5.74, 6) is 0.208. The normalized spacial score (nSPS) is 10.7. The summed E-state index contributed by atoms with van der Waals surface area (Å²) in [6.07, 6.45) is 3.53. The minimum absolute atomic E-state index is 0.0201. The van der Waals surface area contributed by atoms with Gasteiger partial charge in [0.05, 0.1) is 16.3 Å². The zero-order valence-electron chi connectivity index (χ0n) is 15.7. The molecule has 0 saturated carbocycles. The van der Waals surface area contributed by atoms with E-state index >= 15 is 0 Å². The molecule has 9 heteroatoms. The number of nitro benzene ring substituents is 1. The predicted molar refractivity (Wildman–Crippen MR) is 109 cm³/mol. The summed E-state index contributed by atoms with van der Waals surface area (Å²) in [5, 5.41) is 14.7. The molecule has 0 fully saturated rings. The lowest BCUT2D eigenvalue weighted by Gasteiger charge is -2.10. The number of hydrogen-bond acceptors (Lipinski definition) is 6. The summed E-state index contributed by atoms with van der Waals surface area (Å²) in [6.45, 7) is 4.08. The summed E-state index contributed by atoms with van der Waals surface area (Å²) < 4.78 is 2.03. The van der Waals surface area contributed by atoms with Crippen LogP contribution in [0.15, 0.2) is 47.8 Å². The van der Waals surface area contributed by atoms with Gasteiger partial charge in [0, 0.05) is 42.9 Å². The molecule has 0 aliphatic heterocycles. The third-order valence-electron chi connectivity index (χ3n) is 4.10. The molecule has 1 aromatic carbocycles. The Bertz CT molecular complexity index is 1050. The van der Waals surface area contributed by atoms with Crippen LogP contribution in [-0.2, 0) is 11.3 Å². The standard InChI is InChI=1S/C19H19N5O3S/c1-4-23-18(14-6-5-7-15(10-14)24(26)27)17(22-19(23)28-3)13-8-9-20-16(11-13)21-12(2)25/h5-11H,4H2,1-3H3,(H,20,21,25). The Morgan fingerprint density at radius 3 is 2.71 bits per heavy atom. The van der Waals surface area contributed by atoms with Gasteiger partial charge in [0.1, 0.15) is 5.82 Å². The second-order valence-corrected chi connectivity index (χ2v) is 6.73. The van der Waals surface area contributed by atoms with E-state index in [0.29, 0.717) is 23.6 Å². The van der Waals surface area contributed by atoms with Crippen molar-refractivity contribution in [2.24, 2.45) is 0 Å². The van der Waals surface area contributed by atoms with Crippen LogP contribution in [0.2, 0.25) is 0 Å². The first-order chi connectivity index (χ1) is 13.4. The molecule has 0 saturated heterocycles. The van der Waals surface area contributed by atoms with E-state index in [4.69, 9.17) is 4.98 Å². The second-order valence-electron chi connectivity index (χ2n) is 5.96. The van der Waals surface area contributed by atoms with E-state index < -0.39 is 4.92 Å². The number of carbonyl (C=O) groups is 1. The van der Waals surface area contributed by atoms with Gasteiger partial charge >= 0.3 is 0 Å². The lowest BCUT2D eigenvalue weighted by molar-refractivity contribution is -0.384. The zero-order valence-corrected chi connectivity index (χ0v) is 16.5. The average molecular weight is 397 g/mol. The molecule has 8 nitrogen and oxygen atoms in total. The Morgan fingerprint density at radius 2 is 2.07 bits per heavy atom. The number of aromatic nitrogens is 3. The number of imidazole rings is 1. The van der Waals surface area contributed by atoms with Gasteiger partial charge in [0.25, 0.3) is 5.69 Å². The molecule has 0 atom stereocenters. The van der Waals surface area contributed by atoms with Crippen molar-refractivity contribution in [3.63, 3.8) is 0 Å². The number of anilines is 1. The second kappa shape index (κ2) is 8.22. The van der Waals surface area contributed by atoms with Crippen molar-refractivity contribution >= 4 is 29.2 Å². The van der Waals surface area contributed by atoms with Gasteiger partial charge in [0.2, 0.25) is 5.91 Å². The van der Waals surface area contributed by atoms with E-state index in [1.165, 1.54) is 24.8 Å². The molecule has 1 amide bonds. The fourth-order valence-corrected chi connectivity index (χ4v) is 3.59. The van der Waals surface area contributed by atoms with Crippen LogP contribution in [0.25, 0.3) is 22.5 Å². The van der Waals surface area contributed by atoms with Crippen molar-refractivity contribution in [1.29, 1.82) is 0 Å². The van der Waals surface area contributed by atoms with Crippen molar-refractivity contribution in [2.75, 3.05) is 11.6 Å². The fourth-order valence-electron chi connectivity index (χ4n) is 2.97. The first-order valence-electron chi connectivity index (χ1n) is 8.58. The van der Waals surface area contributed by atoms with E-state index in [-0.39, 0.29) is 11.6 Å². The predicted octanol–water partition coefficient (Wildman–Crippen LogP) is 4.22. The number of nitro groups is 1. The van der Waals surface area contributed by atoms with Gasteiger partial charge in [0.15, 0.2) is 5.16 Å². The smallest absolute Gasteiger partial charge is 0.270 e. The molecule has 1 N–H and O–H groups in total. The highest BCUT2D eigenvalue weighted by molar-refractivity contribution is 7.98. The molecule has 0 unspecified atom stereocenters. The molecule has 3 rings (SSSR count). The molecule has 3 aromatic rings. The Kier molecular flexibility index (Phi) is 5.74. The van der Waals surface area contributed by atoms with E-state index in [1.54, 1.807) is 30.5 Å². The van der Waals surface area contributed by atoms with E-state index in [9.17, 15) is 14.9 Å². The third-order valence-corrected chi connectivity index (χ3v) is 4.78. The number of benzene rings is 1. The Labute approximate surface area is 166 Å². The SMILES string of the molecule is CCn1c(SC)nc(-c2ccnc(NC(C)=O)c2)c1-c1cccc([N+](=O)[O-])c1.